The highest BCUT2D eigenvalue weighted by Gasteiger charge is 2.32. The van der Waals surface area contributed by atoms with Gasteiger partial charge in [0.15, 0.2) is 0 Å². The van der Waals surface area contributed by atoms with E-state index in [1.54, 1.807) is 6.07 Å². The Kier molecular flexibility index (Phi) is 4.89. The fourth-order valence-corrected chi connectivity index (χ4v) is 2.82. The Morgan fingerprint density at radius 1 is 1.18 bits per heavy atom. The van der Waals surface area contributed by atoms with Crippen LogP contribution in [0.15, 0.2) is 24.3 Å². The Morgan fingerprint density at radius 2 is 1.82 bits per heavy atom. The lowest BCUT2D eigenvalue weighted by Gasteiger charge is -2.36. The van der Waals surface area contributed by atoms with Gasteiger partial charge in [-0.3, -0.25) is 15.0 Å². The van der Waals surface area contributed by atoms with Crippen LogP contribution in [0.5, 0.6) is 0 Å². The molecule has 0 bridgehead atoms. The monoisotopic (exact) mass is 302 g/mol. The number of aryl methyl sites for hydroxylation is 1. The Bertz CT molecular complexity index is 554. The first-order chi connectivity index (χ1) is 10.3. The van der Waals surface area contributed by atoms with Crippen LogP contribution in [0, 0.1) is 12.8 Å². The Morgan fingerprint density at radius 3 is 2.36 bits per heavy atom. The Balaban J connectivity index is 2.19. The molecule has 22 heavy (non-hydrogen) atoms. The van der Waals surface area contributed by atoms with Crippen LogP contribution in [0.3, 0.4) is 0 Å². The van der Waals surface area contributed by atoms with E-state index in [-0.39, 0.29) is 17.7 Å². The minimum Gasteiger partial charge on any atom is -0.273 e. The molecule has 4 nitrogen and oxygen atoms in total. The van der Waals surface area contributed by atoms with Gasteiger partial charge in [-0.1, -0.05) is 30.5 Å². The van der Waals surface area contributed by atoms with E-state index < -0.39 is 5.54 Å². The molecule has 120 valence electrons. The van der Waals surface area contributed by atoms with Crippen molar-refractivity contribution in [1.82, 2.24) is 10.4 Å². The van der Waals surface area contributed by atoms with E-state index in [4.69, 9.17) is 0 Å². The number of nitrogens with zero attached hydrogens (tertiary/aromatic N) is 1. The standard InChI is InChI=1S/C18H26N2O2/c1-13-8-7-11-15(12-13)17(22)20(18(2,3)4)19-16(21)14-9-5-6-10-14/h7-8,11-12,14H,5-6,9-10H2,1-4H3,(H,19,21). The van der Waals surface area contributed by atoms with Crippen molar-refractivity contribution >= 4 is 11.8 Å². The van der Waals surface area contributed by atoms with Gasteiger partial charge in [-0.15, -0.1) is 0 Å². The van der Waals surface area contributed by atoms with E-state index in [1.165, 1.54) is 5.01 Å². The molecule has 1 aromatic rings. The van der Waals surface area contributed by atoms with E-state index >= 15 is 0 Å². The minimum atomic E-state index is -0.477. The smallest absolute Gasteiger partial charge is 0.272 e. The molecule has 1 aliphatic carbocycles. The van der Waals surface area contributed by atoms with Gasteiger partial charge in [0.2, 0.25) is 5.91 Å². The molecule has 0 aromatic heterocycles. The molecule has 0 heterocycles. The largest absolute Gasteiger partial charge is 0.273 e. The van der Waals surface area contributed by atoms with Crippen molar-refractivity contribution in [3.63, 3.8) is 0 Å². The zero-order chi connectivity index (χ0) is 16.3. The van der Waals surface area contributed by atoms with Gasteiger partial charge in [0, 0.05) is 11.5 Å². The summed E-state index contributed by atoms with van der Waals surface area (Å²) in [7, 11) is 0. The third kappa shape index (κ3) is 3.87. The zero-order valence-electron chi connectivity index (χ0n) is 14.0. The molecule has 4 heteroatoms. The summed E-state index contributed by atoms with van der Waals surface area (Å²) >= 11 is 0. The predicted molar refractivity (Wildman–Crippen MR) is 87.2 cm³/mol. The Labute approximate surface area is 132 Å². The highest BCUT2D eigenvalue weighted by atomic mass is 16.2. The van der Waals surface area contributed by atoms with E-state index in [0.717, 1.165) is 31.2 Å². The Hall–Kier alpha value is -1.84. The number of amides is 2. The van der Waals surface area contributed by atoms with Crippen LogP contribution in [-0.2, 0) is 4.79 Å². The van der Waals surface area contributed by atoms with E-state index in [2.05, 4.69) is 5.43 Å². The number of carbonyl (C=O) groups is 2. The van der Waals surface area contributed by atoms with Crippen molar-refractivity contribution in [3.05, 3.63) is 35.4 Å². The highest BCUT2D eigenvalue weighted by molar-refractivity contribution is 5.96. The summed E-state index contributed by atoms with van der Waals surface area (Å²) in [5.41, 5.74) is 4.01. The average molecular weight is 302 g/mol. The summed E-state index contributed by atoms with van der Waals surface area (Å²) in [5, 5.41) is 1.47. The molecule has 1 fully saturated rings. The fourth-order valence-electron chi connectivity index (χ4n) is 2.82. The quantitative estimate of drug-likeness (QED) is 0.851. The summed E-state index contributed by atoms with van der Waals surface area (Å²) in [5.74, 6) is -0.161. The van der Waals surface area contributed by atoms with Crippen molar-refractivity contribution in [2.24, 2.45) is 5.92 Å². The molecule has 0 spiro atoms. The van der Waals surface area contributed by atoms with Gasteiger partial charge >= 0.3 is 0 Å². The van der Waals surface area contributed by atoms with Crippen molar-refractivity contribution < 1.29 is 9.59 Å². The first kappa shape index (κ1) is 16.5. The van der Waals surface area contributed by atoms with E-state index in [9.17, 15) is 9.59 Å². The van der Waals surface area contributed by atoms with E-state index in [0.29, 0.717) is 5.56 Å². The molecule has 0 aliphatic heterocycles. The van der Waals surface area contributed by atoms with Crippen molar-refractivity contribution in [1.29, 1.82) is 0 Å². The molecule has 2 rings (SSSR count). The number of hydrazine groups is 1. The van der Waals surface area contributed by atoms with Crippen LogP contribution >= 0.6 is 0 Å². The maximum absolute atomic E-state index is 12.8. The normalized spacial score (nSPS) is 15.6. The first-order valence-electron chi connectivity index (χ1n) is 8.01. The summed E-state index contributed by atoms with van der Waals surface area (Å²) in [6, 6.07) is 7.45. The maximum atomic E-state index is 12.8. The molecule has 1 aromatic carbocycles. The lowest BCUT2D eigenvalue weighted by molar-refractivity contribution is -0.130. The molecule has 1 saturated carbocycles. The van der Waals surface area contributed by atoms with Crippen LogP contribution in [0.1, 0.15) is 62.4 Å². The second kappa shape index (κ2) is 6.51. The van der Waals surface area contributed by atoms with E-state index in [1.807, 2.05) is 45.9 Å². The predicted octanol–water partition coefficient (Wildman–Crippen LogP) is 3.46. The van der Waals surface area contributed by atoms with Crippen LogP contribution in [-0.4, -0.2) is 22.4 Å². The number of nitrogens with one attached hydrogen (secondary N) is 1. The fraction of sp³-hybridized carbons (Fsp3) is 0.556. The average Bonchev–Trinajstić information content (AvgIpc) is 2.96. The van der Waals surface area contributed by atoms with Crippen molar-refractivity contribution in [2.75, 3.05) is 0 Å². The molecule has 1 aliphatic rings. The van der Waals surface area contributed by atoms with Crippen LogP contribution in [0.4, 0.5) is 0 Å². The molecular formula is C18H26N2O2. The molecular weight excluding hydrogens is 276 g/mol. The number of carbonyl (C=O) groups excluding carboxylic acids is 2. The molecule has 1 N–H and O–H groups in total. The van der Waals surface area contributed by atoms with Gasteiger partial charge in [0.1, 0.15) is 0 Å². The second-order valence-electron chi connectivity index (χ2n) is 7.14. The lowest BCUT2D eigenvalue weighted by Crippen LogP contribution is -2.56. The van der Waals surface area contributed by atoms with Crippen LogP contribution in [0.2, 0.25) is 0 Å². The van der Waals surface area contributed by atoms with Gasteiger partial charge < -0.3 is 0 Å². The molecule has 0 radical (unpaired) electrons. The maximum Gasteiger partial charge on any atom is 0.272 e. The van der Waals surface area contributed by atoms with Gasteiger partial charge in [-0.05, 0) is 52.7 Å². The summed E-state index contributed by atoms with van der Waals surface area (Å²) in [6.45, 7) is 7.73. The summed E-state index contributed by atoms with van der Waals surface area (Å²) in [4.78, 5) is 25.2. The van der Waals surface area contributed by atoms with Crippen LogP contribution in [0.25, 0.3) is 0 Å². The number of hydrogen-bond acceptors (Lipinski definition) is 2. The minimum absolute atomic E-state index is 0.0339. The summed E-state index contributed by atoms with van der Waals surface area (Å²) in [6.07, 6.45) is 4.03. The highest BCUT2D eigenvalue weighted by Crippen LogP contribution is 2.25. The van der Waals surface area contributed by atoms with Gasteiger partial charge in [0.05, 0.1) is 5.54 Å². The van der Waals surface area contributed by atoms with Crippen molar-refractivity contribution in [3.8, 4) is 0 Å². The molecule has 2 amide bonds. The zero-order valence-corrected chi connectivity index (χ0v) is 14.0. The first-order valence-corrected chi connectivity index (χ1v) is 8.01. The third-order valence-corrected chi connectivity index (χ3v) is 4.09. The number of hydrogen-bond donors (Lipinski definition) is 1. The SMILES string of the molecule is Cc1cccc(C(=O)N(NC(=O)C2CCCC2)C(C)(C)C)c1. The molecule has 0 saturated heterocycles. The molecule has 0 atom stereocenters. The third-order valence-electron chi connectivity index (χ3n) is 4.09. The van der Waals surface area contributed by atoms with Gasteiger partial charge in [-0.2, -0.15) is 0 Å². The van der Waals surface area contributed by atoms with Gasteiger partial charge in [-0.25, -0.2) is 5.01 Å². The second-order valence-corrected chi connectivity index (χ2v) is 7.14. The van der Waals surface area contributed by atoms with Crippen LogP contribution < -0.4 is 5.43 Å². The van der Waals surface area contributed by atoms with Crippen molar-refractivity contribution in [2.45, 2.75) is 58.9 Å². The number of benzene rings is 1. The summed E-state index contributed by atoms with van der Waals surface area (Å²) < 4.78 is 0. The lowest BCUT2D eigenvalue weighted by atomic mass is 10.0. The van der Waals surface area contributed by atoms with Gasteiger partial charge in [0.25, 0.3) is 5.91 Å². The molecule has 0 unspecified atom stereocenters. The number of rotatable bonds is 2. The topological polar surface area (TPSA) is 49.4 Å².